The third-order valence-electron chi connectivity index (χ3n) is 4.62. The van der Waals surface area contributed by atoms with E-state index in [1.54, 1.807) is 0 Å². The maximum Gasteiger partial charge on any atom is 0.125 e. The van der Waals surface area contributed by atoms with Crippen LogP contribution in [0.3, 0.4) is 0 Å². The molecule has 19 heavy (non-hydrogen) atoms. The predicted molar refractivity (Wildman–Crippen MR) is 78.8 cm³/mol. The SMILES string of the molecule is CC1CCC(C(N)Cc2cc(Cl)cc3c2OCC3)C1. The largest absolute Gasteiger partial charge is 0.493 e. The molecule has 0 amide bonds. The molecule has 0 saturated heterocycles. The summed E-state index contributed by atoms with van der Waals surface area (Å²) in [6.07, 6.45) is 5.72. The fourth-order valence-electron chi connectivity index (χ4n) is 3.56. The van der Waals surface area contributed by atoms with Crippen LogP contribution in [0.4, 0.5) is 0 Å². The molecule has 2 aliphatic rings. The van der Waals surface area contributed by atoms with Crippen molar-refractivity contribution in [3.8, 4) is 5.75 Å². The number of benzene rings is 1. The zero-order valence-electron chi connectivity index (χ0n) is 11.5. The van der Waals surface area contributed by atoms with E-state index in [9.17, 15) is 0 Å². The van der Waals surface area contributed by atoms with E-state index in [4.69, 9.17) is 22.1 Å². The molecular weight excluding hydrogens is 258 g/mol. The lowest BCUT2D eigenvalue weighted by Crippen LogP contribution is -2.31. The first-order valence-corrected chi connectivity index (χ1v) is 7.71. The second kappa shape index (κ2) is 5.34. The average molecular weight is 280 g/mol. The van der Waals surface area contributed by atoms with Gasteiger partial charge >= 0.3 is 0 Å². The van der Waals surface area contributed by atoms with Crippen molar-refractivity contribution < 1.29 is 4.74 Å². The lowest BCUT2D eigenvalue weighted by Gasteiger charge is -2.20. The van der Waals surface area contributed by atoms with Gasteiger partial charge in [-0.1, -0.05) is 24.9 Å². The first-order chi connectivity index (χ1) is 9.13. The van der Waals surface area contributed by atoms with Gasteiger partial charge in [0.25, 0.3) is 0 Å². The van der Waals surface area contributed by atoms with Crippen LogP contribution in [0.5, 0.6) is 5.75 Å². The zero-order valence-corrected chi connectivity index (χ0v) is 12.2. The van der Waals surface area contributed by atoms with Gasteiger partial charge in [-0.15, -0.1) is 0 Å². The average Bonchev–Trinajstić information content (AvgIpc) is 2.97. The minimum absolute atomic E-state index is 0.233. The van der Waals surface area contributed by atoms with Crippen LogP contribution >= 0.6 is 11.6 Å². The molecule has 1 aliphatic carbocycles. The topological polar surface area (TPSA) is 35.2 Å². The summed E-state index contributed by atoms with van der Waals surface area (Å²) in [5.74, 6) is 2.54. The Kier molecular flexibility index (Phi) is 3.72. The molecular formula is C16H22ClNO. The summed E-state index contributed by atoms with van der Waals surface area (Å²) in [7, 11) is 0. The van der Waals surface area contributed by atoms with E-state index in [-0.39, 0.29) is 6.04 Å². The van der Waals surface area contributed by atoms with Gasteiger partial charge in [0.2, 0.25) is 0 Å². The van der Waals surface area contributed by atoms with Crippen LogP contribution in [0, 0.1) is 11.8 Å². The van der Waals surface area contributed by atoms with Gasteiger partial charge < -0.3 is 10.5 Å². The fraction of sp³-hybridized carbons (Fsp3) is 0.625. The molecule has 1 aromatic rings. The number of ether oxygens (including phenoxy) is 1. The van der Waals surface area contributed by atoms with Gasteiger partial charge in [-0.2, -0.15) is 0 Å². The summed E-state index contributed by atoms with van der Waals surface area (Å²) in [5.41, 5.74) is 8.86. The predicted octanol–water partition coefficient (Wildman–Crippen LogP) is 3.58. The monoisotopic (exact) mass is 279 g/mol. The van der Waals surface area contributed by atoms with Crippen molar-refractivity contribution in [3.63, 3.8) is 0 Å². The highest BCUT2D eigenvalue weighted by Crippen LogP contribution is 2.37. The minimum Gasteiger partial charge on any atom is -0.493 e. The second-order valence-electron chi connectivity index (χ2n) is 6.20. The Morgan fingerprint density at radius 1 is 1.42 bits per heavy atom. The van der Waals surface area contributed by atoms with Gasteiger partial charge in [0.1, 0.15) is 5.75 Å². The molecule has 1 saturated carbocycles. The number of halogens is 1. The van der Waals surface area contributed by atoms with Crippen LogP contribution in [0.25, 0.3) is 0 Å². The van der Waals surface area contributed by atoms with Crippen molar-refractivity contribution in [3.05, 3.63) is 28.3 Å². The quantitative estimate of drug-likeness (QED) is 0.918. The van der Waals surface area contributed by atoms with E-state index < -0.39 is 0 Å². The van der Waals surface area contributed by atoms with Gasteiger partial charge in [0, 0.05) is 17.5 Å². The number of nitrogens with two attached hydrogens (primary N) is 1. The molecule has 1 heterocycles. The van der Waals surface area contributed by atoms with Crippen molar-refractivity contribution in [1.29, 1.82) is 0 Å². The third kappa shape index (κ3) is 2.75. The van der Waals surface area contributed by atoms with Crippen LogP contribution < -0.4 is 10.5 Å². The lowest BCUT2D eigenvalue weighted by molar-refractivity contribution is 0.348. The molecule has 0 aromatic heterocycles. The first-order valence-electron chi connectivity index (χ1n) is 7.33. The Bertz CT molecular complexity index is 474. The summed E-state index contributed by atoms with van der Waals surface area (Å²) < 4.78 is 5.76. The van der Waals surface area contributed by atoms with Gasteiger partial charge in [-0.25, -0.2) is 0 Å². The van der Waals surface area contributed by atoms with Gasteiger partial charge in [-0.05, 0) is 54.4 Å². The summed E-state index contributed by atoms with van der Waals surface area (Å²) >= 11 is 6.20. The zero-order chi connectivity index (χ0) is 13.4. The van der Waals surface area contributed by atoms with Crippen molar-refractivity contribution >= 4 is 11.6 Å². The number of hydrogen-bond acceptors (Lipinski definition) is 2. The highest BCUT2D eigenvalue weighted by atomic mass is 35.5. The van der Waals surface area contributed by atoms with E-state index >= 15 is 0 Å². The molecule has 1 aromatic carbocycles. The molecule has 2 nitrogen and oxygen atoms in total. The standard InChI is InChI=1S/C16H22ClNO/c1-10-2-3-11(6-10)15(18)9-13-8-14(17)7-12-4-5-19-16(12)13/h7-8,10-11,15H,2-6,9,18H2,1H3. The Morgan fingerprint density at radius 2 is 2.26 bits per heavy atom. The molecule has 3 unspecified atom stereocenters. The Morgan fingerprint density at radius 3 is 3.00 bits per heavy atom. The lowest BCUT2D eigenvalue weighted by atomic mass is 9.91. The molecule has 3 atom stereocenters. The third-order valence-corrected chi connectivity index (χ3v) is 4.84. The molecule has 3 rings (SSSR count). The Hall–Kier alpha value is -0.730. The van der Waals surface area contributed by atoms with Crippen LogP contribution in [-0.4, -0.2) is 12.6 Å². The number of rotatable bonds is 3. The van der Waals surface area contributed by atoms with Gasteiger partial charge in [0.15, 0.2) is 0 Å². The van der Waals surface area contributed by atoms with Crippen LogP contribution in [-0.2, 0) is 12.8 Å². The number of fused-ring (bicyclic) bond motifs is 1. The van der Waals surface area contributed by atoms with Crippen LogP contribution in [0.2, 0.25) is 5.02 Å². The summed E-state index contributed by atoms with van der Waals surface area (Å²) in [5, 5.41) is 0.811. The van der Waals surface area contributed by atoms with E-state index in [0.29, 0.717) is 5.92 Å². The number of hydrogen-bond donors (Lipinski definition) is 1. The van der Waals surface area contributed by atoms with E-state index in [1.165, 1.54) is 30.4 Å². The van der Waals surface area contributed by atoms with Gasteiger partial charge in [0.05, 0.1) is 6.61 Å². The fourth-order valence-corrected chi connectivity index (χ4v) is 3.82. The van der Waals surface area contributed by atoms with Crippen LogP contribution in [0.15, 0.2) is 12.1 Å². The normalized spacial score (nSPS) is 27.1. The Balaban J connectivity index is 1.76. The van der Waals surface area contributed by atoms with E-state index in [0.717, 1.165) is 36.1 Å². The molecule has 1 aliphatic heterocycles. The molecule has 0 bridgehead atoms. The van der Waals surface area contributed by atoms with Crippen LogP contribution in [0.1, 0.15) is 37.3 Å². The molecule has 0 radical (unpaired) electrons. The van der Waals surface area contributed by atoms with Crippen molar-refractivity contribution in [2.75, 3.05) is 6.61 Å². The second-order valence-corrected chi connectivity index (χ2v) is 6.63. The first kappa shape index (κ1) is 13.3. The summed E-state index contributed by atoms with van der Waals surface area (Å²) in [6.45, 7) is 3.10. The molecule has 2 N–H and O–H groups in total. The van der Waals surface area contributed by atoms with E-state index in [1.807, 2.05) is 12.1 Å². The molecule has 0 spiro atoms. The van der Waals surface area contributed by atoms with Gasteiger partial charge in [-0.3, -0.25) is 0 Å². The summed E-state index contributed by atoms with van der Waals surface area (Å²) in [4.78, 5) is 0. The van der Waals surface area contributed by atoms with Crippen molar-refractivity contribution in [2.24, 2.45) is 17.6 Å². The Labute approximate surface area is 120 Å². The smallest absolute Gasteiger partial charge is 0.125 e. The molecule has 104 valence electrons. The summed E-state index contributed by atoms with van der Waals surface area (Å²) in [6, 6.07) is 4.29. The maximum absolute atomic E-state index is 6.42. The molecule has 1 fully saturated rings. The molecule has 3 heteroatoms. The van der Waals surface area contributed by atoms with Crippen molar-refractivity contribution in [2.45, 2.75) is 45.1 Å². The van der Waals surface area contributed by atoms with E-state index in [2.05, 4.69) is 6.92 Å². The highest BCUT2D eigenvalue weighted by Gasteiger charge is 2.28. The maximum atomic E-state index is 6.42. The highest BCUT2D eigenvalue weighted by molar-refractivity contribution is 6.30. The minimum atomic E-state index is 0.233. The van der Waals surface area contributed by atoms with Crippen molar-refractivity contribution in [1.82, 2.24) is 0 Å².